The summed E-state index contributed by atoms with van der Waals surface area (Å²) in [5.74, 6) is 0.701. The van der Waals surface area contributed by atoms with Crippen molar-refractivity contribution in [1.82, 2.24) is 19.1 Å². The molecule has 1 aliphatic carbocycles. The van der Waals surface area contributed by atoms with E-state index in [-0.39, 0.29) is 0 Å². The fourth-order valence-electron chi connectivity index (χ4n) is 7.69. The number of hydrogen-bond acceptors (Lipinski definition) is 2. The molecule has 9 aromatic rings. The summed E-state index contributed by atoms with van der Waals surface area (Å²) in [6, 6.07) is 47.3. The van der Waals surface area contributed by atoms with Crippen molar-refractivity contribution in [1.29, 1.82) is 0 Å². The van der Waals surface area contributed by atoms with Crippen molar-refractivity contribution >= 4 is 60.6 Å². The lowest BCUT2D eigenvalue weighted by atomic mass is 9.91. The molecular weight excluding hydrogens is 560 g/mol. The zero-order chi connectivity index (χ0) is 30.2. The minimum Gasteiger partial charge on any atom is -0.309 e. The average Bonchev–Trinajstić information content (AvgIpc) is 3.66. The Morgan fingerprint density at radius 1 is 0.522 bits per heavy atom. The highest BCUT2D eigenvalue weighted by atomic mass is 15.2. The van der Waals surface area contributed by atoms with Crippen LogP contribution in [0.4, 0.5) is 0 Å². The summed E-state index contributed by atoms with van der Waals surface area (Å²) in [7, 11) is 0. The minimum atomic E-state index is 0.701. The second kappa shape index (κ2) is 9.75. The molecular formula is C42H28N4. The van der Waals surface area contributed by atoms with Crippen LogP contribution in [0.1, 0.15) is 17.5 Å². The molecule has 0 N–H and O–H groups in total. The van der Waals surface area contributed by atoms with E-state index in [0.29, 0.717) is 5.95 Å². The molecule has 10 rings (SSSR count). The summed E-state index contributed by atoms with van der Waals surface area (Å²) in [5, 5.41) is 6.06. The maximum atomic E-state index is 5.39. The summed E-state index contributed by atoms with van der Waals surface area (Å²) >= 11 is 0. The number of fused-ring (bicyclic) bond motifs is 11. The maximum Gasteiger partial charge on any atom is 0.235 e. The quantitative estimate of drug-likeness (QED) is 0.206. The van der Waals surface area contributed by atoms with Gasteiger partial charge >= 0.3 is 0 Å². The van der Waals surface area contributed by atoms with Gasteiger partial charge in [-0.2, -0.15) is 0 Å². The maximum absolute atomic E-state index is 5.39. The number of nitrogens with zero attached hydrogens (tertiary/aromatic N) is 4. The van der Waals surface area contributed by atoms with Crippen LogP contribution in [0.5, 0.6) is 0 Å². The molecule has 0 atom stereocenters. The lowest BCUT2D eigenvalue weighted by Gasteiger charge is -2.19. The monoisotopic (exact) mass is 588 g/mol. The SMILES string of the molecule is C1=Cc2c(c3c(c4ccccc4n3-c3nc(-c4ccccc4)c4ccccc4n3)c3c4ccccc4n(-c4ccccc4)c23)CC1. The van der Waals surface area contributed by atoms with E-state index in [0.717, 1.165) is 40.5 Å². The zero-order valence-corrected chi connectivity index (χ0v) is 25.1. The van der Waals surface area contributed by atoms with Gasteiger partial charge in [0.2, 0.25) is 5.95 Å². The summed E-state index contributed by atoms with van der Waals surface area (Å²) < 4.78 is 4.81. The summed E-state index contributed by atoms with van der Waals surface area (Å²) in [5.41, 5.74) is 11.6. The van der Waals surface area contributed by atoms with E-state index in [1.165, 1.54) is 54.9 Å². The van der Waals surface area contributed by atoms with Gasteiger partial charge in [-0.25, -0.2) is 9.97 Å². The predicted molar refractivity (Wildman–Crippen MR) is 191 cm³/mol. The summed E-state index contributed by atoms with van der Waals surface area (Å²) in [6.45, 7) is 0. The third-order valence-electron chi connectivity index (χ3n) is 9.56. The molecule has 216 valence electrons. The molecule has 0 amide bonds. The van der Waals surface area contributed by atoms with E-state index >= 15 is 0 Å². The fraction of sp³-hybridized carbons (Fsp3) is 0.0476. The minimum absolute atomic E-state index is 0.701. The largest absolute Gasteiger partial charge is 0.309 e. The van der Waals surface area contributed by atoms with Gasteiger partial charge in [0.25, 0.3) is 0 Å². The third-order valence-corrected chi connectivity index (χ3v) is 9.56. The number of benzene rings is 6. The first-order valence-electron chi connectivity index (χ1n) is 15.9. The number of allylic oxidation sites excluding steroid dienone is 1. The molecule has 4 heteroatoms. The lowest BCUT2D eigenvalue weighted by molar-refractivity contribution is 0.964. The second-order valence-electron chi connectivity index (χ2n) is 12.1. The summed E-state index contributed by atoms with van der Waals surface area (Å²) in [6.07, 6.45) is 6.61. The lowest BCUT2D eigenvalue weighted by Crippen LogP contribution is -2.07. The van der Waals surface area contributed by atoms with Crippen molar-refractivity contribution in [3.05, 3.63) is 151 Å². The van der Waals surface area contributed by atoms with Crippen molar-refractivity contribution in [3.8, 4) is 22.9 Å². The molecule has 4 nitrogen and oxygen atoms in total. The first kappa shape index (κ1) is 25.3. The molecule has 0 unspecified atom stereocenters. The number of rotatable bonds is 3. The van der Waals surface area contributed by atoms with Crippen LogP contribution >= 0.6 is 0 Å². The van der Waals surface area contributed by atoms with Crippen LogP contribution in [0.25, 0.3) is 83.5 Å². The van der Waals surface area contributed by atoms with Crippen molar-refractivity contribution in [2.45, 2.75) is 12.8 Å². The molecule has 0 aliphatic heterocycles. The van der Waals surface area contributed by atoms with Crippen LogP contribution in [-0.4, -0.2) is 19.1 Å². The van der Waals surface area contributed by atoms with Gasteiger partial charge < -0.3 is 4.57 Å². The average molecular weight is 589 g/mol. The molecule has 0 bridgehead atoms. The van der Waals surface area contributed by atoms with Crippen LogP contribution in [0.3, 0.4) is 0 Å². The Bertz CT molecular complexity index is 2680. The van der Waals surface area contributed by atoms with E-state index in [1.54, 1.807) is 0 Å². The highest BCUT2D eigenvalue weighted by Crippen LogP contribution is 2.47. The fourth-order valence-corrected chi connectivity index (χ4v) is 7.69. The molecule has 0 saturated carbocycles. The second-order valence-corrected chi connectivity index (χ2v) is 12.1. The first-order chi connectivity index (χ1) is 22.9. The van der Waals surface area contributed by atoms with E-state index < -0.39 is 0 Å². The van der Waals surface area contributed by atoms with Gasteiger partial charge in [-0.1, -0.05) is 115 Å². The van der Waals surface area contributed by atoms with Gasteiger partial charge in [0.15, 0.2) is 0 Å². The Hall–Kier alpha value is -6.00. The smallest absolute Gasteiger partial charge is 0.235 e. The molecule has 3 aromatic heterocycles. The van der Waals surface area contributed by atoms with Gasteiger partial charge in [0.1, 0.15) is 0 Å². The van der Waals surface area contributed by atoms with Crippen molar-refractivity contribution < 1.29 is 0 Å². The molecule has 1 aliphatic rings. The van der Waals surface area contributed by atoms with E-state index in [1.807, 2.05) is 0 Å². The van der Waals surface area contributed by atoms with Crippen LogP contribution in [0.15, 0.2) is 140 Å². The standard InChI is InChI=1S/C42H28N4/c1-3-15-27(16-4-1)39-31-21-9-12-24-34(31)43-42(44-39)46-36-26-14-11-23-33(36)38-37-32-22-10-13-25-35(32)45(28-17-5-2-6-18-28)40(37)29-19-7-8-20-30(29)41(38)46/h1-7,9-19,21-26H,8,20H2. The van der Waals surface area contributed by atoms with Gasteiger partial charge in [0.05, 0.1) is 33.3 Å². The van der Waals surface area contributed by atoms with Gasteiger partial charge in [-0.3, -0.25) is 4.57 Å². The number of aryl methyl sites for hydroxylation is 1. The van der Waals surface area contributed by atoms with Gasteiger partial charge in [-0.05, 0) is 48.7 Å². The number of aromatic nitrogens is 4. The first-order valence-corrected chi connectivity index (χ1v) is 15.9. The van der Waals surface area contributed by atoms with Crippen molar-refractivity contribution in [2.24, 2.45) is 0 Å². The van der Waals surface area contributed by atoms with Crippen LogP contribution in [0, 0.1) is 0 Å². The number of para-hydroxylation sites is 4. The molecule has 3 heterocycles. The van der Waals surface area contributed by atoms with Crippen molar-refractivity contribution in [3.63, 3.8) is 0 Å². The van der Waals surface area contributed by atoms with Crippen LogP contribution in [-0.2, 0) is 6.42 Å². The Morgan fingerprint density at radius 2 is 1.13 bits per heavy atom. The molecule has 6 aromatic carbocycles. The van der Waals surface area contributed by atoms with E-state index in [2.05, 4.69) is 155 Å². The number of hydrogen-bond donors (Lipinski definition) is 0. The van der Waals surface area contributed by atoms with Crippen LogP contribution < -0.4 is 0 Å². The third kappa shape index (κ3) is 3.50. The Balaban J connectivity index is 1.44. The van der Waals surface area contributed by atoms with Crippen LogP contribution in [0.2, 0.25) is 0 Å². The highest BCUT2D eigenvalue weighted by Gasteiger charge is 2.28. The van der Waals surface area contributed by atoms with E-state index in [9.17, 15) is 0 Å². The van der Waals surface area contributed by atoms with E-state index in [4.69, 9.17) is 9.97 Å². The molecule has 0 saturated heterocycles. The van der Waals surface area contributed by atoms with Crippen molar-refractivity contribution in [2.75, 3.05) is 0 Å². The molecule has 0 fully saturated rings. The molecule has 0 radical (unpaired) electrons. The Labute approximate surface area is 265 Å². The molecule has 46 heavy (non-hydrogen) atoms. The Kier molecular flexibility index (Phi) is 5.37. The zero-order valence-electron chi connectivity index (χ0n) is 25.1. The Morgan fingerprint density at radius 3 is 1.89 bits per heavy atom. The highest BCUT2D eigenvalue weighted by molar-refractivity contribution is 6.31. The topological polar surface area (TPSA) is 35.6 Å². The van der Waals surface area contributed by atoms with Gasteiger partial charge in [-0.15, -0.1) is 0 Å². The molecule has 0 spiro atoms. The van der Waals surface area contributed by atoms with Gasteiger partial charge in [0, 0.05) is 43.7 Å². The normalized spacial score (nSPS) is 13.0. The summed E-state index contributed by atoms with van der Waals surface area (Å²) in [4.78, 5) is 10.7. The predicted octanol–water partition coefficient (Wildman–Crippen LogP) is 10.5.